The Morgan fingerprint density at radius 2 is 2.31 bits per heavy atom. The lowest BCUT2D eigenvalue weighted by Gasteiger charge is -2.02. The van der Waals surface area contributed by atoms with Crippen LogP contribution in [0, 0.1) is 5.82 Å². The van der Waals surface area contributed by atoms with E-state index in [4.69, 9.17) is 0 Å². The summed E-state index contributed by atoms with van der Waals surface area (Å²) in [7, 11) is 0. The van der Waals surface area contributed by atoms with Crippen molar-refractivity contribution in [2.45, 2.75) is 5.33 Å². The molecular formula is C9H6BrFOS. The fraction of sp³-hybridized carbons (Fsp3) is 0.111. The van der Waals surface area contributed by atoms with E-state index in [2.05, 4.69) is 15.9 Å². The summed E-state index contributed by atoms with van der Waals surface area (Å²) in [5.74, 6) is -0.0909. The number of thiophene rings is 1. The number of rotatable bonds is 1. The van der Waals surface area contributed by atoms with Crippen molar-refractivity contribution in [2.24, 2.45) is 0 Å². The monoisotopic (exact) mass is 260 g/mol. The van der Waals surface area contributed by atoms with Gasteiger partial charge in [0.2, 0.25) is 0 Å². The Morgan fingerprint density at radius 1 is 1.54 bits per heavy atom. The molecule has 1 heterocycles. The maximum Gasteiger partial charge on any atom is 0.137 e. The van der Waals surface area contributed by atoms with Gasteiger partial charge in [-0.25, -0.2) is 4.39 Å². The molecule has 13 heavy (non-hydrogen) atoms. The van der Waals surface area contributed by atoms with Crippen LogP contribution in [0.3, 0.4) is 0 Å². The van der Waals surface area contributed by atoms with Crippen molar-refractivity contribution in [1.29, 1.82) is 0 Å². The highest BCUT2D eigenvalue weighted by molar-refractivity contribution is 9.08. The van der Waals surface area contributed by atoms with Gasteiger partial charge < -0.3 is 5.11 Å². The molecule has 0 bridgehead atoms. The number of aromatic hydroxyl groups is 1. The first-order chi connectivity index (χ1) is 6.24. The maximum atomic E-state index is 13.3. The lowest BCUT2D eigenvalue weighted by atomic mass is 10.1. The normalized spacial score (nSPS) is 10.9. The molecule has 0 fully saturated rings. The average Bonchev–Trinajstić information content (AvgIpc) is 2.60. The molecule has 0 amide bonds. The second-order valence-corrected chi connectivity index (χ2v) is 4.14. The smallest absolute Gasteiger partial charge is 0.137 e. The van der Waals surface area contributed by atoms with Gasteiger partial charge in [-0.2, -0.15) is 0 Å². The Kier molecular flexibility index (Phi) is 2.26. The third-order valence-electron chi connectivity index (χ3n) is 1.89. The fourth-order valence-corrected chi connectivity index (χ4v) is 2.53. The summed E-state index contributed by atoms with van der Waals surface area (Å²) in [6.45, 7) is 0. The first-order valence-electron chi connectivity index (χ1n) is 3.67. The minimum Gasteiger partial charge on any atom is -0.506 e. The van der Waals surface area contributed by atoms with Crippen LogP contribution in [0.2, 0.25) is 0 Å². The molecule has 0 aliphatic heterocycles. The van der Waals surface area contributed by atoms with Crippen LogP contribution in [0.5, 0.6) is 5.75 Å². The zero-order valence-corrected chi connectivity index (χ0v) is 8.95. The third-order valence-corrected chi connectivity index (χ3v) is 3.41. The van der Waals surface area contributed by atoms with E-state index in [1.807, 2.05) is 0 Å². The number of alkyl halides is 1. The Labute approximate surface area is 86.9 Å². The summed E-state index contributed by atoms with van der Waals surface area (Å²) in [6.07, 6.45) is 0. The van der Waals surface area contributed by atoms with E-state index in [0.717, 1.165) is 0 Å². The zero-order chi connectivity index (χ0) is 9.42. The Morgan fingerprint density at radius 3 is 3.00 bits per heavy atom. The predicted molar refractivity (Wildman–Crippen MR) is 56.1 cm³/mol. The third kappa shape index (κ3) is 1.34. The summed E-state index contributed by atoms with van der Waals surface area (Å²) in [5.41, 5.74) is 0.590. The molecule has 0 spiro atoms. The van der Waals surface area contributed by atoms with Crippen molar-refractivity contribution in [2.75, 3.05) is 0 Å². The number of phenolic OH excluding ortho intramolecular Hbond substituents is 1. The molecule has 0 unspecified atom stereocenters. The average molecular weight is 261 g/mol. The molecule has 2 aromatic rings. The van der Waals surface area contributed by atoms with Crippen LogP contribution >= 0.6 is 27.3 Å². The molecule has 68 valence electrons. The van der Waals surface area contributed by atoms with Gasteiger partial charge in [-0.05, 0) is 17.5 Å². The van der Waals surface area contributed by atoms with E-state index in [1.165, 1.54) is 17.4 Å². The Hall–Kier alpha value is -0.610. The molecule has 0 radical (unpaired) electrons. The molecule has 4 heteroatoms. The van der Waals surface area contributed by atoms with Gasteiger partial charge in [0.25, 0.3) is 0 Å². The van der Waals surface area contributed by atoms with Gasteiger partial charge in [-0.3, -0.25) is 0 Å². The van der Waals surface area contributed by atoms with E-state index in [9.17, 15) is 9.50 Å². The second kappa shape index (κ2) is 3.27. The molecule has 1 nitrogen and oxygen atoms in total. The SMILES string of the molecule is Oc1c(CBr)cc(F)c2ccsc12. The Balaban J connectivity index is 2.85. The van der Waals surface area contributed by atoms with Gasteiger partial charge in [-0.15, -0.1) is 11.3 Å². The van der Waals surface area contributed by atoms with Crippen molar-refractivity contribution in [3.63, 3.8) is 0 Å². The summed E-state index contributed by atoms with van der Waals surface area (Å²) >= 11 is 4.54. The predicted octanol–water partition coefficient (Wildman–Crippen LogP) is 3.64. The highest BCUT2D eigenvalue weighted by Gasteiger charge is 2.11. The van der Waals surface area contributed by atoms with Crippen molar-refractivity contribution < 1.29 is 9.50 Å². The maximum absolute atomic E-state index is 13.3. The van der Waals surface area contributed by atoms with Gasteiger partial charge in [0.15, 0.2) is 0 Å². The van der Waals surface area contributed by atoms with Crippen LogP contribution in [0.4, 0.5) is 4.39 Å². The standard InChI is InChI=1S/C9H6BrFOS/c10-4-5-3-7(11)6-1-2-13-9(6)8(5)12/h1-3,12H,4H2. The van der Waals surface area contributed by atoms with E-state index in [-0.39, 0.29) is 11.6 Å². The van der Waals surface area contributed by atoms with Crippen LogP contribution < -0.4 is 0 Å². The van der Waals surface area contributed by atoms with Gasteiger partial charge in [-0.1, -0.05) is 15.9 Å². The van der Waals surface area contributed by atoms with Crippen molar-refractivity contribution >= 4 is 37.4 Å². The topological polar surface area (TPSA) is 20.2 Å². The number of hydrogen-bond donors (Lipinski definition) is 1. The van der Waals surface area contributed by atoms with Gasteiger partial charge >= 0.3 is 0 Å². The molecule has 1 aromatic heterocycles. The zero-order valence-electron chi connectivity index (χ0n) is 6.55. The summed E-state index contributed by atoms with van der Waals surface area (Å²) in [4.78, 5) is 0. The minimum absolute atomic E-state index is 0.184. The largest absolute Gasteiger partial charge is 0.506 e. The first kappa shape index (κ1) is 8.97. The summed E-state index contributed by atoms with van der Waals surface area (Å²) in [6, 6.07) is 3.03. The van der Waals surface area contributed by atoms with E-state index < -0.39 is 0 Å². The van der Waals surface area contributed by atoms with Crippen LogP contribution in [-0.4, -0.2) is 5.11 Å². The highest BCUT2D eigenvalue weighted by atomic mass is 79.9. The molecular weight excluding hydrogens is 255 g/mol. The summed E-state index contributed by atoms with van der Waals surface area (Å²) in [5, 5.41) is 12.4. The number of halogens is 2. The number of fused-ring (bicyclic) bond motifs is 1. The van der Waals surface area contributed by atoms with E-state index >= 15 is 0 Å². The van der Waals surface area contributed by atoms with Crippen molar-refractivity contribution in [3.8, 4) is 5.75 Å². The van der Waals surface area contributed by atoms with Crippen molar-refractivity contribution in [1.82, 2.24) is 0 Å². The van der Waals surface area contributed by atoms with Crippen molar-refractivity contribution in [3.05, 3.63) is 28.9 Å². The fourth-order valence-electron chi connectivity index (χ4n) is 1.23. The highest BCUT2D eigenvalue weighted by Crippen LogP contribution is 2.35. The van der Waals surface area contributed by atoms with Crippen LogP contribution in [-0.2, 0) is 5.33 Å². The molecule has 0 atom stereocenters. The number of phenols is 1. The Bertz CT molecular complexity index is 452. The molecule has 0 aliphatic carbocycles. The van der Waals surface area contributed by atoms with Crippen LogP contribution in [0.15, 0.2) is 17.5 Å². The molecule has 0 saturated carbocycles. The molecule has 0 saturated heterocycles. The molecule has 1 N–H and O–H groups in total. The van der Waals surface area contributed by atoms with E-state index in [1.54, 1.807) is 11.4 Å². The number of benzene rings is 1. The van der Waals surface area contributed by atoms with E-state index in [0.29, 0.717) is 21.0 Å². The van der Waals surface area contributed by atoms with Gasteiger partial charge in [0.05, 0.1) is 4.70 Å². The molecule has 1 aromatic carbocycles. The van der Waals surface area contributed by atoms with Crippen LogP contribution in [0.25, 0.3) is 10.1 Å². The quantitative estimate of drug-likeness (QED) is 0.777. The first-order valence-corrected chi connectivity index (χ1v) is 5.67. The summed E-state index contributed by atoms with van der Waals surface area (Å²) < 4.78 is 13.9. The number of hydrogen-bond acceptors (Lipinski definition) is 2. The van der Waals surface area contributed by atoms with Gasteiger partial charge in [0, 0.05) is 16.3 Å². The lowest BCUT2D eigenvalue weighted by molar-refractivity contribution is 0.476. The van der Waals surface area contributed by atoms with Gasteiger partial charge in [0.1, 0.15) is 11.6 Å². The minimum atomic E-state index is -0.275. The molecule has 2 rings (SSSR count). The van der Waals surface area contributed by atoms with Crippen LogP contribution in [0.1, 0.15) is 5.56 Å². The lowest BCUT2D eigenvalue weighted by Crippen LogP contribution is -1.83. The molecule has 0 aliphatic rings. The second-order valence-electron chi connectivity index (χ2n) is 2.66.